The Bertz CT molecular complexity index is 276. The molecule has 0 spiro atoms. The summed E-state index contributed by atoms with van der Waals surface area (Å²) in [6, 6.07) is 0. The maximum atomic E-state index is 11.1. The highest BCUT2D eigenvalue weighted by atomic mass is 16.5. The van der Waals surface area contributed by atoms with E-state index in [1.54, 1.807) is 6.08 Å². The predicted molar refractivity (Wildman–Crippen MR) is 61.4 cm³/mol. The van der Waals surface area contributed by atoms with Crippen LogP contribution in [-0.2, 0) is 9.53 Å². The Morgan fingerprint density at radius 2 is 2.40 bits per heavy atom. The van der Waals surface area contributed by atoms with Gasteiger partial charge in [-0.05, 0) is 38.5 Å². The molecule has 0 saturated carbocycles. The van der Waals surface area contributed by atoms with Crippen LogP contribution in [0.15, 0.2) is 23.8 Å². The summed E-state index contributed by atoms with van der Waals surface area (Å²) in [6.07, 6.45) is 8.13. The van der Waals surface area contributed by atoms with Crippen LogP contribution in [0.25, 0.3) is 0 Å². The van der Waals surface area contributed by atoms with E-state index in [2.05, 4.69) is 19.9 Å². The van der Waals surface area contributed by atoms with E-state index in [4.69, 9.17) is 4.74 Å². The van der Waals surface area contributed by atoms with Crippen LogP contribution in [0.1, 0.15) is 33.6 Å². The van der Waals surface area contributed by atoms with E-state index in [-0.39, 0.29) is 5.97 Å². The molecule has 0 radical (unpaired) electrons. The monoisotopic (exact) mass is 208 g/mol. The number of hydrogen-bond donors (Lipinski definition) is 0. The first-order valence-corrected chi connectivity index (χ1v) is 5.65. The fraction of sp³-hybridized carbons (Fsp3) is 0.615. The summed E-state index contributed by atoms with van der Waals surface area (Å²) in [5.74, 6) is 0.790. The van der Waals surface area contributed by atoms with Gasteiger partial charge in [-0.1, -0.05) is 24.6 Å². The molecule has 2 atom stereocenters. The fourth-order valence-electron chi connectivity index (χ4n) is 1.98. The van der Waals surface area contributed by atoms with E-state index in [0.717, 1.165) is 12.8 Å². The minimum atomic E-state index is -0.226. The zero-order valence-corrected chi connectivity index (χ0v) is 9.82. The lowest BCUT2D eigenvalue weighted by molar-refractivity contribution is -0.137. The number of ether oxygens (including phenoxy) is 1. The molecular formula is C13H20O2. The van der Waals surface area contributed by atoms with Gasteiger partial charge in [-0.2, -0.15) is 0 Å². The maximum Gasteiger partial charge on any atom is 0.330 e. The Hall–Kier alpha value is -1.05. The molecule has 0 fully saturated rings. The Morgan fingerprint density at radius 3 is 3.00 bits per heavy atom. The molecule has 1 rings (SSSR count). The van der Waals surface area contributed by atoms with E-state index >= 15 is 0 Å². The van der Waals surface area contributed by atoms with Crippen LogP contribution in [0.3, 0.4) is 0 Å². The van der Waals surface area contributed by atoms with E-state index in [0.29, 0.717) is 18.4 Å². The molecule has 15 heavy (non-hydrogen) atoms. The van der Waals surface area contributed by atoms with Crippen LogP contribution in [0.2, 0.25) is 0 Å². The molecular weight excluding hydrogens is 188 g/mol. The molecule has 0 N–H and O–H groups in total. The maximum absolute atomic E-state index is 11.1. The standard InChI is InChI=1S/C13H20O2/c1-4-15-13(14)8-7-12-6-5-10(2)9-11(12)3/h7-9,11-12H,4-6H2,1-3H3/b8-7+. The second-order valence-corrected chi connectivity index (χ2v) is 4.19. The van der Waals surface area contributed by atoms with Crippen molar-refractivity contribution in [1.29, 1.82) is 0 Å². The number of esters is 1. The lowest BCUT2D eigenvalue weighted by Crippen LogP contribution is -2.13. The third-order valence-electron chi connectivity index (χ3n) is 2.86. The van der Waals surface area contributed by atoms with Gasteiger partial charge in [0.25, 0.3) is 0 Å². The van der Waals surface area contributed by atoms with E-state index in [1.165, 1.54) is 5.57 Å². The summed E-state index contributed by atoms with van der Waals surface area (Å²) in [7, 11) is 0. The molecule has 0 heterocycles. The van der Waals surface area contributed by atoms with E-state index < -0.39 is 0 Å². The zero-order valence-electron chi connectivity index (χ0n) is 9.82. The summed E-state index contributed by atoms with van der Waals surface area (Å²) in [5.41, 5.74) is 1.46. The fourth-order valence-corrected chi connectivity index (χ4v) is 1.98. The van der Waals surface area contributed by atoms with Crippen LogP contribution in [-0.4, -0.2) is 12.6 Å². The smallest absolute Gasteiger partial charge is 0.330 e. The summed E-state index contributed by atoms with van der Waals surface area (Å²) in [4.78, 5) is 11.1. The Balaban J connectivity index is 2.49. The number of carbonyl (C=O) groups is 1. The molecule has 2 unspecified atom stereocenters. The van der Waals surface area contributed by atoms with E-state index in [9.17, 15) is 4.79 Å². The van der Waals surface area contributed by atoms with Crippen molar-refractivity contribution in [3.8, 4) is 0 Å². The number of hydrogen-bond acceptors (Lipinski definition) is 2. The van der Waals surface area contributed by atoms with E-state index in [1.807, 2.05) is 13.0 Å². The molecule has 0 aliphatic heterocycles. The SMILES string of the molecule is CCOC(=O)/C=C/C1CCC(C)=CC1C. The number of allylic oxidation sites excluding steroid dienone is 3. The van der Waals surface area contributed by atoms with Crippen molar-refractivity contribution in [2.24, 2.45) is 11.8 Å². The summed E-state index contributed by atoms with van der Waals surface area (Å²) < 4.78 is 4.85. The van der Waals surface area contributed by atoms with Crippen molar-refractivity contribution in [2.45, 2.75) is 33.6 Å². The molecule has 84 valence electrons. The highest BCUT2D eigenvalue weighted by Crippen LogP contribution is 2.29. The number of carbonyl (C=O) groups excluding carboxylic acids is 1. The van der Waals surface area contributed by atoms with Crippen LogP contribution < -0.4 is 0 Å². The lowest BCUT2D eigenvalue weighted by atomic mass is 9.82. The molecule has 0 amide bonds. The highest BCUT2D eigenvalue weighted by molar-refractivity contribution is 5.81. The lowest BCUT2D eigenvalue weighted by Gasteiger charge is -2.23. The van der Waals surface area contributed by atoms with Gasteiger partial charge in [0.15, 0.2) is 0 Å². The normalized spacial score (nSPS) is 26.5. The second-order valence-electron chi connectivity index (χ2n) is 4.19. The van der Waals surface area contributed by atoms with Crippen molar-refractivity contribution in [3.05, 3.63) is 23.8 Å². The molecule has 0 bridgehead atoms. The molecule has 0 aromatic rings. The van der Waals surface area contributed by atoms with Crippen LogP contribution >= 0.6 is 0 Å². The Kier molecular flexibility index (Phi) is 4.60. The molecule has 1 aliphatic rings. The minimum Gasteiger partial charge on any atom is -0.463 e. The first-order valence-electron chi connectivity index (χ1n) is 5.65. The predicted octanol–water partition coefficient (Wildman–Crippen LogP) is 3.10. The largest absolute Gasteiger partial charge is 0.463 e. The number of rotatable bonds is 3. The molecule has 0 aromatic heterocycles. The quantitative estimate of drug-likeness (QED) is 0.405. The van der Waals surface area contributed by atoms with Crippen molar-refractivity contribution < 1.29 is 9.53 Å². The first kappa shape index (κ1) is 12.0. The molecule has 2 nitrogen and oxygen atoms in total. The van der Waals surface area contributed by atoms with Gasteiger partial charge in [0.2, 0.25) is 0 Å². The second kappa shape index (κ2) is 5.74. The van der Waals surface area contributed by atoms with Gasteiger partial charge in [-0.3, -0.25) is 0 Å². The van der Waals surface area contributed by atoms with Gasteiger partial charge in [-0.15, -0.1) is 0 Å². The van der Waals surface area contributed by atoms with Gasteiger partial charge < -0.3 is 4.74 Å². The molecule has 0 aromatic carbocycles. The van der Waals surface area contributed by atoms with Gasteiger partial charge in [0, 0.05) is 6.08 Å². The first-order chi connectivity index (χ1) is 7.13. The highest BCUT2D eigenvalue weighted by Gasteiger charge is 2.17. The van der Waals surface area contributed by atoms with Crippen molar-refractivity contribution >= 4 is 5.97 Å². The van der Waals surface area contributed by atoms with Gasteiger partial charge >= 0.3 is 5.97 Å². The van der Waals surface area contributed by atoms with Crippen LogP contribution in [0.4, 0.5) is 0 Å². The Morgan fingerprint density at radius 1 is 1.67 bits per heavy atom. The van der Waals surface area contributed by atoms with Crippen molar-refractivity contribution in [3.63, 3.8) is 0 Å². The topological polar surface area (TPSA) is 26.3 Å². The summed E-state index contributed by atoms with van der Waals surface area (Å²) in [5, 5.41) is 0. The average Bonchev–Trinajstić information content (AvgIpc) is 2.17. The minimum absolute atomic E-state index is 0.226. The molecule has 1 aliphatic carbocycles. The van der Waals surface area contributed by atoms with Crippen molar-refractivity contribution in [1.82, 2.24) is 0 Å². The average molecular weight is 208 g/mol. The van der Waals surface area contributed by atoms with Crippen LogP contribution in [0.5, 0.6) is 0 Å². The van der Waals surface area contributed by atoms with Crippen molar-refractivity contribution in [2.75, 3.05) is 6.61 Å². The molecule has 2 heteroatoms. The van der Waals surface area contributed by atoms with Gasteiger partial charge in [-0.25, -0.2) is 4.79 Å². The molecule has 0 saturated heterocycles. The zero-order chi connectivity index (χ0) is 11.3. The third-order valence-corrected chi connectivity index (χ3v) is 2.86. The van der Waals surface area contributed by atoms with Crippen LogP contribution in [0, 0.1) is 11.8 Å². The third kappa shape index (κ3) is 3.90. The van der Waals surface area contributed by atoms with Gasteiger partial charge in [0.1, 0.15) is 0 Å². The Labute approximate surface area is 92.0 Å². The summed E-state index contributed by atoms with van der Waals surface area (Å²) >= 11 is 0. The summed E-state index contributed by atoms with van der Waals surface area (Å²) in [6.45, 7) is 6.63. The van der Waals surface area contributed by atoms with Gasteiger partial charge in [0.05, 0.1) is 6.61 Å².